The quantitative estimate of drug-likeness (QED) is 0.0197. The molecule has 0 fully saturated rings. The van der Waals surface area contributed by atoms with E-state index in [9.17, 15) is 36.3 Å². The first-order valence-electron chi connectivity index (χ1n) is 31.4. The normalized spacial score (nSPS) is 10.6. The monoisotopic (exact) mass is 1510 g/mol. The van der Waals surface area contributed by atoms with Gasteiger partial charge in [0.1, 0.15) is 88.7 Å². The number of benzene rings is 9. The third kappa shape index (κ3) is 21.6. The van der Waals surface area contributed by atoms with Crippen molar-refractivity contribution < 1.29 is 117 Å². The molecule has 538 valence electrons. The number of carbonyl (C=O) groups excluding carboxylic acids is 2. The summed E-state index contributed by atoms with van der Waals surface area (Å²) in [5.74, 6) is -4.03. The van der Waals surface area contributed by atoms with Gasteiger partial charge in [-0.2, -0.15) is 0 Å². The van der Waals surface area contributed by atoms with Gasteiger partial charge < -0.3 is 74.8 Å². The predicted octanol–water partition coefficient (Wildman–Crippen LogP) is 11.8. The van der Waals surface area contributed by atoms with E-state index in [4.69, 9.17) is 69.3 Å². The Morgan fingerprint density at radius 1 is 0.452 bits per heavy atom. The van der Waals surface area contributed by atoms with Gasteiger partial charge in [-0.3, -0.25) is 14.4 Å². The standard InChI is InChI=1S/C26H23F2NO4.C24H19F2NO4.C19H16BrFO4.C7H9BFNO2.ClH.Li.H2O/c1-2-31-24(30)12-17-6-7-20(27)13-23(17)33-15-16-10-18-8-9-32-26(18)22(11-16)21-5-3-4-19(14-29)25(21)28;25-18-5-4-15(10-22(28)29)21(11-18)31-13-14-8-16-6-7-30-24(16)20(9-14)19-3-1-2-17(12-27)23(19)26;1-2-23-18(22)9-13-3-4-15(21)10-17(13)25-11-12-7-14-5-6-24-19(14)16(20)8-12;9-7-5(4-10)2-1-3-6(7)8(11)12;;;/h3-11,13H,2,12,14-15,29H2,1H3;1-9,11H,10,12-13,27H2,(H,28,29);3-8,10H,2,9,11H2,1H3;1-3,11-12H,4,10H2;1H;;1H2/q;;;;;+1;/p-1. The van der Waals surface area contributed by atoms with Gasteiger partial charge in [0.25, 0.3) is 0 Å². The number of fused-ring (bicyclic) bond motifs is 3. The van der Waals surface area contributed by atoms with E-state index in [0.29, 0.717) is 79.2 Å². The molecule has 28 heteroatoms. The molecule has 3 aromatic heterocycles. The molecule has 0 radical (unpaired) electrons. The second-order valence-corrected chi connectivity index (χ2v) is 23.3. The van der Waals surface area contributed by atoms with Crippen molar-refractivity contribution in [3.8, 4) is 39.5 Å². The Kier molecular flexibility index (Phi) is 31.8. The fraction of sp³-hybridized carbons (Fsp3) is 0.171. The summed E-state index contributed by atoms with van der Waals surface area (Å²) >= 11 is 3.46. The molecular weight excluding hydrogens is 1440 g/mol. The Morgan fingerprint density at radius 2 is 0.808 bits per heavy atom. The van der Waals surface area contributed by atoms with Gasteiger partial charge in [0.2, 0.25) is 0 Å². The van der Waals surface area contributed by atoms with Crippen LogP contribution in [0.15, 0.2) is 200 Å². The van der Waals surface area contributed by atoms with Crippen LogP contribution in [0.1, 0.15) is 63.9 Å². The first-order valence-corrected chi connectivity index (χ1v) is 32.2. The molecule has 0 saturated heterocycles. The van der Waals surface area contributed by atoms with Crippen LogP contribution in [0.25, 0.3) is 55.2 Å². The molecule has 0 aliphatic carbocycles. The molecule has 0 aliphatic rings. The molecule has 12 aromatic rings. The molecule has 0 unspecified atom stereocenters. The molecule has 9 aromatic carbocycles. The Hall–Kier alpha value is -9.82. The van der Waals surface area contributed by atoms with E-state index in [1.807, 2.05) is 30.3 Å². The van der Waals surface area contributed by atoms with Crippen molar-refractivity contribution in [2.24, 2.45) is 17.2 Å². The molecule has 104 heavy (non-hydrogen) atoms. The van der Waals surface area contributed by atoms with Gasteiger partial charge in [-0.15, -0.1) is 12.4 Å². The van der Waals surface area contributed by atoms with Gasteiger partial charge in [0.05, 0.1) is 55.7 Å². The molecule has 0 atom stereocenters. The maximum Gasteiger partial charge on any atom is 1.00 e. The first-order chi connectivity index (χ1) is 48.7. The minimum Gasteiger partial charge on any atom is -0.870 e. The third-order valence-electron chi connectivity index (χ3n) is 15.5. The molecule has 3 heterocycles. The number of carbonyl (C=O) groups is 3. The molecule has 0 bridgehead atoms. The maximum absolute atomic E-state index is 15.0. The number of halogens is 8. The molecule has 12 rings (SSSR count). The fourth-order valence-corrected chi connectivity index (χ4v) is 11.3. The van der Waals surface area contributed by atoms with Crippen LogP contribution in [-0.2, 0) is 82.6 Å². The van der Waals surface area contributed by atoms with Crippen molar-refractivity contribution in [2.75, 3.05) is 13.2 Å². The van der Waals surface area contributed by atoms with Gasteiger partial charge in [-0.1, -0.05) is 72.8 Å². The van der Waals surface area contributed by atoms with E-state index in [1.165, 1.54) is 79.3 Å². The summed E-state index contributed by atoms with van der Waals surface area (Å²) in [4.78, 5) is 34.7. The average molecular weight is 1510 g/mol. The van der Waals surface area contributed by atoms with Crippen molar-refractivity contribution in [1.29, 1.82) is 0 Å². The summed E-state index contributed by atoms with van der Waals surface area (Å²) < 4.78 is 129. The van der Waals surface area contributed by atoms with Crippen molar-refractivity contribution in [3.05, 3.63) is 272 Å². The number of hydrogen-bond acceptors (Lipinski definition) is 17. The minimum absolute atomic E-state index is 0. The van der Waals surface area contributed by atoms with Crippen LogP contribution in [0, 0.1) is 34.9 Å². The van der Waals surface area contributed by atoms with E-state index in [2.05, 4.69) is 15.9 Å². The smallest absolute Gasteiger partial charge is 0.870 e. The van der Waals surface area contributed by atoms with E-state index in [0.717, 1.165) is 43.4 Å². The molecule has 0 spiro atoms. The number of carboxylic acids is 1. The van der Waals surface area contributed by atoms with Crippen LogP contribution in [0.5, 0.6) is 17.2 Å². The van der Waals surface area contributed by atoms with Crippen LogP contribution in [0.3, 0.4) is 0 Å². The van der Waals surface area contributed by atoms with Gasteiger partial charge >= 0.3 is 43.9 Å². The summed E-state index contributed by atoms with van der Waals surface area (Å²) in [5, 5.41) is 28.9. The molecule has 0 aliphatic heterocycles. The Labute approximate surface area is 619 Å². The zero-order valence-corrected chi connectivity index (χ0v) is 58.6. The number of rotatable bonds is 23. The summed E-state index contributed by atoms with van der Waals surface area (Å²) in [6.45, 7) is 4.54. The zero-order valence-electron chi connectivity index (χ0n) is 56.2. The SMILES string of the molecule is CCOC(=O)Cc1ccc(F)cc1OCc1cc(-c2cccc(CN)c2F)c2occc2c1.CCOC(=O)Cc1ccc(F)cc1OCc1cc(Br)c2occc2c1.Cl.NCc1cccc(-c2cc(COc3cc(F)ccc3CC(=O)O)cc3ccoc23)c1F.NCc1cccc(B(O)O)c1F.[Li+].[OH-]. The first kappa shape index (κ1) is 83.1. The Bertz CT molecular complexity index is 4910. The van der Waals surface area contributed by atoms with Gasteiger partial charge in [0, 0.05) is 115 Å². The fourth-order valence-electron chi connectivity index (χ4n) is 10.7. The van der Waals surface area contributed by atoms with Crippen LogP contribution < -0.4 is 55.7 Å². The number of aliphatic carboxylic acids is 1. The second kappa shape index (κ2) is 39.7. The van der Waals surface area contributed by atoms with Crippen LogP contribution in [0.2, 0.25) is 0 Å². The number of ether oxygens (including phenoxy) is 5. The van der Waals surface area contributed by atoms with Crippen molar-refractivity contribution in [2.45, 2.75) is 72.6 Å². The zero-order chi connectivity index (χ0) is 72.3. The summed E-state index contributed by atoms with van der Waals surface area (Å²) in [6.07, 6.45) is 4.37. The van der Waals surface area contributed by atoms with Gasteiger partial charge in [-0.05, 0) is 119 Å². The summed E-state index contributed by atoms with van der Waals surface area (Å²) in [7, 11) is -1.78. The number of carboxylic acid groups (broad SMARTS) is 1. The topological polar surface area (TPSA) is 306 Å². The maximum atomic E-state index is 15.0. The van der Waals surface area contributed by atoms with E-state index in [-0.39, 0.29) is 131 Å². The van der Waals surface area contributed by atoms with Gasteiger partial charge in [-0.25, -0.2) is 26.3 Å². The summed E-state index contributed by atoms with van der Waals surface area (Å²) in [5.41, 5.74) is 24.9. The molecule has 18 nitrogen and oxygen atoms in total. The number of esters is 2. The minimum atomic E-state index is -1.78. The van der Waals surface area contributed by atoms with Crippen LogP contribution >= 0.6 is 28.3 Å². The van der Waals surface area contributed by atoms with Crippen LogP contribution in [0.4, 0.5) is 26.3 Å². The van der Waals surface area contributed by atoms with Gasteiger partial charge in [0.15, 0.2) is 0 Å². The number of nitrogens with two attached hydrogens (primary N) is 3. The van der Waals surface area contributed by atoms with E-state index >= 15 is 4.39 Å². The molecule has 0 saturated carbocycles. The van der Waals surface area contributed by atoms with Crippen molar-refractivity contribution >= 4 is 91.7 Å². The number of hydrogen-bond donors (Lipinski definition) is 6. The van der Waals surface area contributed by atoms with E-state index < -0.39 is 54.0 Å². The molecule has 10 N–H and O–H groups in total. The molecule has 0 amide bonds. The summed E-state index contributed by atoms with van der Waals surface area (Å²) in [6, 6.07) is 42.6. The molecular formula is C76H69BBrClF6LiN3O15. The third-order valence-corrected chi connectivity index (χ3v) is 16.1. The number of furan rings is 3. The van der Waals surface area contributed by atoms with Crippen molar-refractivity contribution in [1.82, 2.24) is 0 Å². The Morgan fingerprint density at radius 3 is 1.18 bits per heavy atom. The Balaban J connectivity index is 0.000000225. The second-order valence-electron chi connectivity index (χ2n) is 22.4. The average Bonchev–Trinajstić information content (AvgIpc) is 0.972. The largest absolute Gasteiger partial charge is 1.00 e. The van der Waals surface area contributed by atoms with E-state index in [1.54, 1.807) is 80.8 Å². The van der Waals surface area contributed by atoms with Crippen molar-refractivity contribution in [3.63, 3.8) is 0 Å². The van der Waals surface area contributed by atoms with Crippen LogP contribution in [-0.4, -0.2) is 58.9 Å². The predicted molar refractivity (Wildman–Crippen MR) is 380 cm³/mol.